The average molecular weight is 344 g/mol. The molecule has 1 atom stereocenters. The molecule has 0 radical (unpaired) electrons. The van der Waals surface area contributed by atoms with Gasteiger partial charge in [-0.15, -0.1) is 0 Å². The molecule has 0 bridgehead atoms. The van der Waals surface area contributed by atoms with Crippen LogP contribution in [-0.2, 0) is 0 Å². The molecular formula is C25H29N. The molecule has 1 heteroatoms. The molecule has 0 heterocycles. The SMILES string of the molecule is C=Cc1cc(Nc2ccc3c(c2)C=CC(C)C=C3)ccc1/C=C\C.CC. The highest BCUT2D eigenvalue weighted by atomic mass is 14.9. The summed E-state index contributed by atoms with van der Waals surface area (Å²) in [5.41, 5.74) is 6.98. The van der Waals surface area contributed by atoms with E-state index in [1.807, 2.05) is 32.9 Å². The van der Waals surface area contributed by atoms with Gasteiger partial charge in [0.05, 0.1) is 0 Å². The summed E-state index contributed by atoms with van der Waals surface area (Å²) in [6, 6.07) is 12.8. The number of benzene rings is 2. The van der Waals surface area contributed by atoms with E-state index >= 15 is 0 Å². The largest absolute Gasteiger partial charge is 0.355 e. The Hall–Kier alpha value is -2.80. The van der Waals surface area contributed by atoms with Gasteiger partial charge in [-0.25, -0.2) is 0 Å². The molecule has 0 saturated carbocycles. The van der Waals surface area contributed by atoms with Gasteiger partial charge in [0.15, 0.2) is 0 Å². The Kier molecular flexibility index (Phi) is 7.23. The third-order valence-electron chi connectivity index (χ3n) is 4.19. The highest BCUT2D eigenvalue weighted by Crippen LogP contribution is 2.26. The molecule has 0 spiro atoms. The first-order valence-corrected chi connectivity index (χ1v) is 9.36. The highest BCUT2D eigenvalue weighted by molar-refractivity contribution is 5.75. The van der Waals surface area contributed by atoms with Crippen LogP contribution in [-0.4, -0.2) is 0 Å². The van der Waals surface area contributed by atoms with Gasteiger partial charge in [0.25, 0.3) is 0 Å². The molecule has 134 valence electrons. The summed E-state index contributed by atoms with van der Waals surface area (Å²) in [4.78, 5) is 0. The summed E-state index contributed by atoms with van der Waals surface area (Å²) in [7, 11) is 0. The van der Waals surface area contributed by atoms with Crippen LogP contribution < -0.4 is 5.32 Å². The van der Waals surface area contributed by atoms with Crippen LogP contribution in [0.25, 0.3) is 24.3 Å². The van der Waals surface area contributed by atoms with E-state index in [2.05, 4.69) is 85.6 Å². The van der Waals surface area contributed by atoms with E-state index in [1.54, 1.807) is 0 Å². The van der Waals surface area contributed by atoms with Crippen molar-refractivity contribution in [2.75, 3.05) is 5.32 Å². The van der Waals surface area contributed by atoms with Gasteiger partial charge in [-0.1, -0.05) is 82.0 Å². The van der Waals surface area contributed by atoms with E-state index in [4.69, 9.17) is 0 Å². The fourth-order valence-corrected chi connectivity index (χ4v) is 2.85. The molecule has 0 saturated heterocycles. The molecule has 0 fully saturated rings. The number of hydrogen-bond acceptors (Lipinski definition) is 1. The van der Waals surface area contributed by atoms with Gasteiger partial charge in [-0.2, -0.15) is 0 Å². The summed E-state index contributed by atoms with van der Waals surface area (Å²) < 4.78 is 0. The molecule has 0 aromatic heterocycles. The van der Waals surface area contributed by atoms with E-state index in [1.165, 1.54) is 16.7 Å². The van der Waals surface area contributed by atoms with Crippen LogP contribution in [0.4, 0.5) is 11.4 Å². The Morgan fingerprint density at radius 3 is 2.23 bits per heavy atom. The Morgan fingerprint density at radius 2 is 1.54 bits per heavy atom. The van der Waals surface area contributed by atoms with Crippen molar-refractivity contribution in [1.29, 1.82) is 0 Å². The fourth-order valence-electron chi connectivity index (χ4n) is 2.85. The van der Waals surface area contributed by atoms with Crippen molar-refractivity contribution in [2.45, 2.75) is 27.7 Å². The first kappa shape index (κ1) is 19.5. The van der Waals surface area contributed by atoms with Crippen LogP contribution in [0, 0.1) is 5.92 Å². The van der Waals surface area contributed by atoms with E-state index in [-0.39, 0.29) is 0 Å². The summed E-state index contributed by atoms with van der Waals surface area (Å²) in [6.45, 7) is 12.1. The number of fused-ring (bicyclic) bond motifs is 1. The van der Waals surface area contributed by atoms with E-state index in [0.29, 0.717) is 5.92 Å². The number of nitrogens with one attached hydrogen (secondary N) is 1. The first-order chi connectivity index (χ1) is 12.7. The van der Waals surface area contributed by atoms with Gasteiger partial charge >= 0.3 is 0 Å². The van der Waals surface area contributed by atoms with Crippen LogP contribution in [0.2, 0.25) is 0 Å². The molecule has 1 N–H and O–H groups in total. The zero-order valence-electron chi connectivity index (χ0n) is 16.3. The summed E-state index contributed by atoms with van der Waals surface area (Å²) in [5, 5.41) is 3.50. The number of rotatable bonds is 4. The predicted octanol–water partition coefficient (Wildman–Crippen LogP) is 7.81. The van der Waals surface area contributed by atoms with Gasteiger partial charge in [-0.05, 0) is 59.4 Å². The molecule has 2 aromatic carbocycles. The quantitative estimate of drug-likeness (QED) is 0.597. The van der Waals surface area contributed by atoms with Crippen molar-refractivity contribution >= 4 is 35.7 Å². The van der Waals surface area contributed by atoms with Crippen molar-refractivity contribution in [3.05, 3.63) is 83.5 Å². The van der Waals surface area contributed by atoms with Gasteiger partial charge in [0, 0.05) is 11.4 Å². The van der Waals surface area contributed by atoms with Crippen LogP contribution in [0.3, 0.4) is 0 Å². The lowest BCUT2D eigenvalue weighted by atomic mass is 10.0. The van der Waals surface area contributed by atoms with Crippen molar-refractivity contribution < 1.29 is 0 Å². The average Bonchev–Trinajstić information content (AvgIpc) is 2.86. The third-order valence-corrected chi connectivity index (χ3v) is 4.19. The molecule has 1 nitrogen and oxygen atoms in total. The van der Waals surface area contributed by atoms with Gasteiger partial charge in [0.2, 0.25) is 0 Å². The van der Waals surface area contributed by atoms with Crippen molar-refractivity contribution in [1.82, 2.24) is 0 Å². The number of anilines is 2. The van der Waals surface area contributed by atoms with Crippen molar-refractivity contribution in [2.24, 2.45) is 5.92 Å². The van der Waals surface area contributed by atoms with Crippen molar-refractivity contribution in [3.63, 3.8) is 0 Å². The van der Waals surface area contributed by atoms with E-state index < -0.39 is 0 Å². The molecule has 2 aromatic rings. The molecule has 0 aliphatic heterocycles. The zero-order valence-corrected chi connectivity index (χ0v) is 16.3. The van der Waals surface area contributed by atoms with Crippen LogP contribution >= 0.6 is 0 Å². The lowest BCUT2D eigenvalue weighted by Gasteiger charge is -2.11. The Morgan fingerprint density at radius 1 is 0.885 bits per heavy atom. The molecule has 1 aliphatic rings. The zero-order chi connectivity index (χ0) is 18.9. The maximum atomic E-state index is 3.92. The molecule has 3 rings (SSSR count). The molecule has 26 heavy (non-hydrogen) atoms. The lowest BCUT2D eigenvalue weighted by Crippen LogP contribution is -1.93. The molecule has 1 unspecified atom stereocenters. The minimum absolute atomic E-state index is 0.475. The second-order valence-electron chi connectivity index (χ2n) is 6.09. The van der Waals surface area contributed by atoms with Gasteiger partial charge in [0.1, 0.15) is 0 Å². The van der Waals surface area contributed by atoms with E-state index in [0.717, 1.165) is 16.9 Å². The van der Waals surface area contributed by atoms with Crippen molar-refractivity contribution in [3.8, 4) is 0 Å². The summed E-state index contributed by atoms with van der Waals surface area (Å²) in [6.07, 6.45) is 14.9. The first-order valence-electron chi connectivity index (χ1n) is 9.36. The normalized spacial score (nSPS) is 15.0. The van der Waals surface area contributed by atoms with Gasteiger partial charge < -0.3 is 5.32 Å². The lowest BCUT2D eigenvalue weighted by molar-refractivity contribution is 0.954. The Labute approximate surface area is 158 Å². The summed E-state index contributed by atoms with van der Waals surface area (Å²) >= 11 is 0. The summed E-state index contributed by atoms with van der Waals surface area (Å²) in [5.74, 6) is 0.475. The van der Waals surface area contributed by atoms with Gasteiger partial charge in [-0.3, -0.25) is 0 Å². The second kappa shape index (κ2) is 9.62. The number of allylic oxidation sites excluding steroid dienone is 3. The molecule has 1 aliphatic carbocycles. The maximum Gasteiger partial charge on any atom is 0.0390 e. The molecule has 0 amide bonds. The molecular weight excluding hydrogens is 314 g/mol. The monoisotopic (exact) mass is 343 g/mol. The number of hydrogen-bond donors (Lipinski definition) is 1. The highest BCUT2D eigenvalue weighted by Gasteiger charge is 2.05. The van der Waals surface area contributed by atoms with Crippen LogP contribution in [0.5, 0.6) is 0 Å². The minimum Gasteiger partial charge on any atom is -0.355 e. The maximum absolute atomic E-state index is 3.92. The standard InChI is InChI=1S/C23H23N.C2H6/c1-4-6-19-11-13-22(15-18(19)5-2)24-23-14-12-20-9-7-17(3)8-10-21(20)16-23;1-2/h4-17,24H,2H2,1,3H3;1-2H3/b6-4-;. The second-order valence-corrected chi connectivity index (χ2v) is 6.09. The smallest absolute Gasteiger partial charge is 0.0390 e. The van der Waals surface area contributed by atoms with E-state index in [9.17, 15) is 0 Å². The predicted molar refractivity (Wildman–Crippen MR) is 120 cm³/mol. The Bertz CT molecular complexity index is 837. The Balaban J connectivity index is 0.00000117. The van der Waals surface area contributed by atoms with Crippen LogP contribution in [0.15, 0.2) is 61.2 Å². The van der Waals surface area contributed by atoms with Crippen LogP contribution in [0.1, 0.15) is 49.9 Å². The topological polar surface area (TPSA) is 12.0 Å². The minimum atomic E-state index is 0.475. The fraction of sp³-hybridized carbons (Fsp3) is 0.200. The third kappa shape index (κ3) is 4.86.